The van der Waals surface area contributed by atoms with Gasteiger partial charge < -0.3 is 10.4 Å². The molecular formula is C20H15BrN4O2. The molecule has 4 rings (SSSR count). The molecule has 0 unspecified atom stereocenters. The Morgan fingerprint density at radius 2 is 1.85 bits per heavy atom. The Morgan fingerprint density at radius 3 is 2.59 bits per heavy atom. The zero-order valence-corrected chi connectivity index (χ0v) is 15.7. The molecule has 2 aromatic heterocycles. The lowest BCUT2D eigenvalue weighted by atomic mass is 10.1. The van der Waals surface area contributed by atoms with E-state index < -0.39 is 0 Å². The van der Waals surface area contributed by atoms with Gasteiger partial charge in [-0.1, -0.05) is 58.4 Å². The second kappa shape index (κ2) is 7.20. The minimum Gasteiger partial charge on any atom is -0.493 e. The van der Waals surface area contributed by atoms with Crippen LogP contribution in [0.2, 0.25) is 0 Å². The number of hydrogen-bond acceptors (Lipinski definition) is 4. The molecular weight excluding hydrogens is 408 g/mol. The van der Waals surface area contributed by atoms with Gasteiger partial charge in [-0.15, -0.1) is 0 Å². The van der Waals surface area contributed by atoms with Crippen LogP contribution in [0, 0.1) is 0 Å². The van der Waals surface area contributed by atoms with Gasteiger partial charge in [0.05, 0.1) is 11.9 Å². The van der Waals surface area contributed by atoms with Crippen LogP contribution in [0.1, 0.15) is 15.9 Å². The van der Waals surface area contributed by atoms with Crippen LogP contribution in [0.15, 0.2) is 71.3 Å². The lowest BCUT2D eigenvalue weighted by Gasteiger charge is -2.06. The molecule has 0 saturated heterocycles. The average Bonchev–Trinajstić information content (AvgIpc) is 3.13. The van der Waals surface area contributed by atoms with Crippen molar-refractivity contribution in [3.8, 4) is 17.1 Å². The Labute approximate surface area is 163 Å². The topological polar surface area (TPSA) is 79.5 Å². The first-order valence-corrected chi connectivity index (χ1v) is 9.07. The number of nitrogens with zero attached hydrogens (tertiary/aromatic N) is 3. The third-order valence-electron chi connectivity index (χ3n) is 4.13. The van der Waals surface area contributed by atoms with Gasteiger partial charge in [-0.05, 0) is 17.7 Å². The minimum absolute atomic E-state index is 0.0780. The van der Waals surface area contributed by atoms with Crippen molar-refractivity contribution in [1.29, 1.82) is 0 Å². The molecule has 6 nitrogen and oxygen atoms in total. The summed E-state index contributed by atoms with van der Waals surface area (Å²) in [6, 6.07) is 18.7. The number of amides is 1. The number of fused-ring (bicyclic) bond motifs is 1. The fraction of sp³-hybridized carbons (Fsp3) is 0.0500. The maximum absolute atomic E-state index is 12.6. The summed E-state index contributed by atoms with van der Waals surface area (Å²) in [5.41, 5.74) is 3.01. The van der Waals surface area contributed by atoms with Gasteiger partial charge in [0.1, 0.15) is 5.56 Å². The zero-order valence-electron chi connectivity index (χ0n) is 14.1. The minimum atomic E-state index is -0.301. The quantitative estimate of drug-likeness (QED) is 0.524. The van der Waals surface area contributed by atoms with Crippen LogP contribution in [0.4, 0.5) is 0 Å². The largest absolute Gasteiger partial charge is 0.493 e. The molecule has 134 valence electrons. The summed E-state index contributed by atoms with van der Waals surface area (Å²) in [4.78, 5) is 17.2. The van der Waals surface area contributed by atoms with Crippen molar-refractivity contribution in [3.63, 3.8) is 0 Å². The summed E-state index contributed by atoms with van der Waals surface area (Å²) < 4.78 is 2.23. The second-order valence-corrected chi connectivity index (χ2v) is 6.88. The van der Waals surface area contributed by atoms with Crippen molar-refractivity contribution in [1.82, 2.24) is 19.9 Å². The Bertz CT molecular complexity index is 1110. The smallest absolute Gasteiger partial charge is 0.257 e. The van der Waals surface area contributed by atoms with Crippen molar-refractivity contribution >= 4 is 27.5 Å². The Hall–Kier alpha value is -3.19. The van der Waals surface area contributed by atoms with E-state index in [0.29, 0.717) is 23.4 Å². The summed E-state index contributed by atoms with van der Waals surface area (Å²) in [6.07, 6.45) is 1.41. The summed E-state index contributed by atoms with van der Waals surface area (Å²) >= 11 is 3.39. The highest BCUT2D eigenvalue weighted by Gasteiger charge is 2.17. The summed E-state index contributed by atoms with van der Waals surface area (Å²) in [6.45, 7) is 0.383. The van der Waals surface area contributed by atoms with Crippen LogP contribution in [0.3, 0.4) is 0 Å². The fourth-order valence-electron chi connectivity index (χ4n) is 2.74. The van der Waals surface area contributed by atoms with E-state index in [9.17, 15) is 9.90 Å². The predicted octanol–water partition coefficient (Wildman–Crippen LogP) is 3.79. The Kier molecular flexibility index (Phi) is 4.60. The van der Waals surface area contributed by atoms with Crippen molar-refractivity contribution in [2.75, 3.05) is 0 Å². The van der Waals surface area contributed by atoms with Crippen molar-refractivity contribution < 1.29 is 9.90 Å². The van der Waals surface area contributed by atoms with Crippen LogP contribution < -0.4 is 5.32 Å². The molecule has 7 heteroatoms. The maximum Gasteiger partial charge on any atom is 0.257 e. The lowest BCUT2D eigenvalue weighted by molar-refractivity contribution is 0.0952. The number of halogens is 1. The number of nitrogens with one attached hydrogen (secondary N) is 1. The number of hydrogen-bond donors (Lipinski definition) is 2. The van der Waals surface area contributed by atoms with E-state index in [0.717, 1.165) is 15.6 Å². The molecule has 0 atom stereocenters. The van der Waals surface area contributed by atoms with Gasteiger partial charge in [-0.3, -0.25) is 4.79 Å². The Balaban J connectivity index is 1.64. The van der Waals surface area contributed by atoms with Gasteiger partial charge in [0.2, 0.25) is 5.88 Å². The van der Waals surface area contributed by atoms with Gasteiger partial charge in [-0.2, -0.15) is 9.61 Å². The monoisotopic (exact) mass is 422 g/mol. The molecule has 0 aliphatic carbocycles. The second-order valence-electron chi connectivity index (χ2n) is 5.97. The van der Waals surface area contributed by atoms with Crippen LogP contribution >= 0.6 is 15.9 Å². The molecule has 2 N–H and O–H groups in total. The number of aromatic hydroxyl groups is 1. The van der Waals surface area contributed by atoms with Gasteiger partial charge >= 0.3 is 0 Å². The highest BCUT2D eigenvalue weighted by atomic mass is 79.9. The lowest BCUT2D eigenvalue weighted by Crippen LogP contribution is -2.22. The number of carbonyl (C=O) groups excluding carboxylic acids is 1. The van der Waals surface area contributed by atoms with E-state index in [-0.39, 0.29) is 11.8 Å². The molecule has 0 aliphatic rings. The average molecular weight is 423 g/mol. The van der Waals surface area contributed by atoms with Gasteiger partial charge in [0, 0.05) is 22.6 Å². The summed E-state index contributed by atoms with van der Waals surface area (Å²) in [5, 5.41) is 17.2. The normalized spacial score (nSPS) is 10.9. The number of benzene rings is 2. The molecule has 2 heterocycles. The molecule has 0 aliphatic heterocycles. The first-order chi connectivity index (χ1) is 13.1. The van der Waals surface area contributed by atoms with Crippen LogP contribution in [-0.2, 0) is 6.54 Å². The zero-order chi connectivity index (χ0) is 18.8. The van der Waals surface area contributed by atoms with Crippen molar-refractivity contribution in [2.45, 2.75) is 6.54 Å². The van der Waals surface area contributed by atoms with Crippen molar-refractivity contribution in [2.24, 2.45) is 0 Å². The van der Waals surface area contributed by atoms with E-state index in [4.69, 9.17) is 0 Å². The summed E-state index contributed by atoms with van der Waals surface area (Å²) in [7, 11) is 0. The van der Waals surface area contributed by atoms with Crippen LogP contribution in [0.25, 0.3) is 16.9 Å². The molecule has 0 spiro atoms. The predicted molar refractivity (Wildman–Crippen MR) is 105 cm³/mol. The van der Waals surface area contributed by atoms with Gasteiger partial charge in [-0.25, -0.2) is 4.98 Å². The molecule has 0 bridgehead atoms. The third kappa shape index (κ3) is 3.54. The highest BCUT2D eigenvalue weighted by molar-refractivity contribution is 9.10. The molecule has 0 fully saturated rings. The molecule has 2 aromatic carbocycles. The number of rotatable bonds is 4. The number of aromatic nitrogens is 3. The van der Waals surface area contributed by atoms with Gasteiger partial charge in [0.15, 0.2) is 5.65 Å². The van der Waals surface area contributed by atoms with Crippen LogP contribution in [0.5, 0.6) is 5.88 Å². The molecule has 0 radical (unpaired) electrons. The third-order valence-corrected chi connectivity index (χ3v) is 4.66. The molecule has 27 heavy (non-hydrogen) atoms. The van der Waals surface area contributed by atoms with E-state index in [1.54, 1.807) is 0 Å². The molecule has 1 amide bonds. The fourth-order valence-corrected chi connectivity index (χ4v) is 3.01. The van der Waals surface area contributed by atoms with E-state index >= 15 is 0 Å². The maximum atomic E-state index is 12.6. The standard InChI is InChI=1S/C20H15BrN4O2/c21-15-8-6-13(7-9-15)11-22-20(27)16-12-23-25-18(26)10-17(24-19(16)25)14-4-2-1-3-5-14/h1-10,12,26H,11H2,(H,22,27). The Morgan fingerprint density at radius 1 is 1.11 bits per heavy atom. The summed E-state index contributed by atoms with van der Waals surface area (Å²) in [5.74, 6) is -0.379. The van der Waals surface area contributed by atoms with E-state index in [1.165, 1.54) is 16.8 Å². The number of carbonyl (C=O) groups is 1. The highest BCUT2D eigenvalue weighted by Crippen LogP contribution is 2.24. The molecule has 4 aromatic rings. The van der Waals surface area contributed by atoms with E-state index in [2.05, 4.69) is 31.3 Å². The van der Waals surface area contributed by atoms with E-state index in [1.807, 2.05) is 54.6 Å². The van der Waals surface area contributed by atoms with Gasteiger partial charge in [0.25, 0.3) is 5.91 Å². The molecule has 0 saturated carbocycles. The first kappa shape index (κ1) is 17.2. The van der Waals surface area contributed by atoms with Crippen molar-refractivity contribution in [3.05, 3.63) is 82.5 Å². The van der Waals surface area contributed by atoms with Crippen LogP contribution in [-0.4, -0.2) is 25.6 Å². The first-order valence-electron chi connectivity index (χ1n) is 8.27. The SMILES string of the molecule is O=C(NCc1ccc(Br)cc1)c1cnn2c(O)cc(-c3ccccc3)nc12.